The molecule has 0 radical (unpaired) electrons. The van der Waals surface area contributed by atoms with Gasteiger partial charge in [0.2, 0.25) is 5.91 Å². The van der Waals surface area contributed by atoms with Gasteiger partial charge in [0.05, 0.1) is 6.04 Å². The molecule has 3 heteroatoms. The van der Waals surface area contributed by atoms with Crippen molar-refractivity contribution < 1.29 is 4.79 Å². The molecular formula is C17H26N2O. The molecule has 1 amide bonds. The molecule has 1 fully saturated rings. The summed E-state index contributed by atoms with van der Waals surface area (Å²) in [5.41, 5.74) is 2.47. The van der Waals surface area contributed by atoms with Crippen LogP contribution in [0.25, 0.3) is 0 Å². The molecule has 1 heterocycles. The van der Waals surface area contributed by atoms with E-state index >= 15 is 0 Å². The number of carbonyl (C=O) groups is 1. The number of hydrogen-bond acceptors (Lipinski definition) is 2. The lowest BCUT2D eigenvalue weighted by Gasteiger charge is -2.32. The fourth-order valence-electron chi connectivity index (χ4n) is 2.67. The molecule has 0 aromatic heterocycles. The number of amides is 1. The number of nitrogens with one attached hydrogen (secondary N) is 1. The Hall–Kier alpha value is -1.51. The lowest BCUT2D eigenvalue weighted by molar-refractivity contribution is -0.121. The molecule has 0 unspecified atom stereocenters. The number of piperidine rings is 1. The first-order chi connectivity index (χ1) is 9.60. The second-order valence-electron chi connectivity index (χ2n) is 5.90. The van der Waals surface area contributed by atoms with Gasteiger partial charge in [-0.2, -0.15) is 0 Å². The van der Waals surface area contributed by atoms with Crippen molar-refractivity contribution in [2.75, 3.05) is 18.0 Å². The van der Waals surface area contributed by atoms with Gasteiger partial charge in [0.1, 0.15) is 0 Å². The van der Waals surface area contributed by atoms with Crippen molar-refractivity contribution >= 4 is 11.6 Å². The second kappa shape index (κ2) is 6.78. The van der Waals surface area contributed by atoms with E-state index < -0.39 is 0 Å². The predicted octanol–water partition coefficient (Wildman–Crippen LogP) is 3.51. The highest BCUT2D eigenvalue weighted by atomic mass is 16.1. The number of carbonyl (C=O) groups excluding carboxylic acids is 1. The van der Waals surface area contributed by atoms with Crippen LogP contribution in [0.5, 0.6) is 0 Å². The molecule has 0 aliphatic carbocycles. The molecule has 20 heavy (non-hydrogen) atoms. The molecule has 110 valence electrons. The molecular weight excluding hydrogens is 248 g/mol. The van der Waals surface area contributed by atoms with E-state index in [-0.39, 0.29) is 11.9 Å². The van der Waals surface area contributed by atoms with Crippen LogP contribution in [0.3, 0.4) is 0 Å². The van der Waals surface area contributed by atoms with Gasteiger partial charge >= 0.3 is 0 Å². The number of hydrogen-bond donors (Lipinski definition) is 1. The van der Waals surface area contributed by atoms with Gasteiger partial charge in [0.25, 0.3) is 0 Å². The van der Waals surface area contributed by atoms with Gasteiger partial charge in [-0.1, -0.05) is 26.0 Å². The van der Waals surface area contributed by atoms with E-state index in [1.165, 1.54) is 24.1 Å². The smallest absolute Gasteiger partial charge is 0.220 e. The van der Waals surface area contributed by atoms with Gasteiger partial charge in [0, 0.05) is 25.2 Å². The van der Waals surface area contributed by atoms with Crippen LogP contribution < -0.4 is 10.2 Å². The Morgan fingerprint density at radius 3 is 2.45 bits per heavy atom. The second-order valence-corrected chi connectivity index (χ2v) is 5.90. The maximum absolute atomic E-state index is 11.4. The van der Waals surface area contributed by atoms with Gasteiger partial charge < -0.3 is 10.2 Å². The molecule has 1 saturated heterocycles. The summed E-state index contributed by atoms with van der Waals surface area (Å²) < 4.78 is 0. The Labute approximate surface area is 122 Å². The molecule has 2 rings (SSSR count). The third-order valence-electron chi connectivity index (χ3n) is 4.24. The maximum atomic E-state index is 11.4. The summed E-state index contributed by atoms with van der Waals surface area (Å²) in [6.45, 7) is 8.55. The van der Waals surface area contributed by atoms with E-state index in [1.807, 2.05) is 13.8 Å². The van der Waals surface area contributed by atoms with Gasteiger partial charge in [0.15, 0.2) is 0 Å². The zero-order valence-corrected chi connectivity index (χ0v) is 12.9. The summed E-state index contributed by atoms with van der Waals surface area (Å²) >= 11 is 0. The standard InChI is InChI=1S/C17H26N2O/c1-4-17(20)18-14(3)15-5-7-16(8-6-15)19-11-9-13(2)10-12-19/h5-8,13-14H,4,9-12H2,1-3H3,(H,18,20)/t14-/m1/s1. The van der Waals surface area contributed by atoms with E-state index in [4.69, 9.17) is 0 Å². The topological polar surface area (TPSA) is 32.3 Å². The van der Waals surface area contributed by atoms with Crippen LogP contribution >= 0.6 is 0 Å². The highest BCUT2D eigenvalue weighted by molar-refractivity contribution is 5.76. The van der Waals surface area contributed by atoms with Gasteiger partial charge in [-0.15, -0.1) is 0 Å². The quantitative estimate of drug-likeness (QED) is 0.911. The first-order valence-corrected chi connectivity index (χ1v) is 7.74. The first kappa shape index (κ1) is 14.9. The molecule has 1 aromatic rings. The third-order valence-corrected chi connectivity index (χ3v) is 4.24. The molecule has 1 atom stereocenters. The molecule has 0 spiro atoms. The van der Waals surface area contributed by atoms with Crippen molar-refractivity contribution in [3.8, 4) is 0 Å². The molecule has 3 nitrogen and oxygen atoms in total. The van der Waals surface area contributed by atoms with Crippen LogP contribution in [0.2, 0.25) is 0 Å². The lowest BCUT2D eigenvalue weighted by Crippen LogP contribution is -2.32. The number of anilines is 1. The number of benzene rings is 1. The maximum Gasteiger partial charge on any atom is 0.220 e. The Morgan fingerprint density at radius 2 is 1.90 bits per heavy atom. The van der Waals surface area contributed by atoms with E-state index in [2.05, 4.69) is 41.4 Å². The van der Waals surface area contributed by atoms with E-state index in [1.54, 1.807) is 0 Å². The molecule has 0 bridgehead atoms. The van der Waals surface area contributed by atoms with Crippen LogP contribution in [0.15, 0.2) is 24.3 Å². The fourth-order valence-corrected chi connectivity index (χ4v) is 2.67. The Balaban J connectivity index is 1.97. The summed E-state index contributed by atoms with van der Waals surface area (Å²) in [5.74, 6) is 0.960. The summed E-state index contributed by atoms with van der Waals surface area (Å²) in [6.07, 6.45) is 3.10. The predicted molar refractivity (Wildman–Crippen MR) is 83.9 cm³/mol. The lowest BCUT2D eigenvalue weighted by atomic mass is 9.98. The summed E-state index contributed by atoms with van der Waals surface area (Å²) in [6, 6.07) is 8.71. The van der Waals surface area contributed by atoms with Crippen LogP contribution in [-0.4, -0.2) is 19.0 Å². The largest absolute Gasteiger partial charge is 0.372 e. The highest BCUT2D eigenvalue weighted by Gasteiger charge is 2.16. The van der Waals surface area contributed by atoms with Crippen molar-refractivity contribution in [3.63, 3.8) is 0 Å². The summed E-state index contributed by atoms with van der Waals surface area (Å²) in [7, 11) is 0. The minimum atomic E-state index is 0.0814. The van der Waals surface area contributed by atoms with Crippen LogP contribution in [0.4, 0.5) is 5.69 Å². The summed E-state index contributed by atoms with van der Waals surface area (Å²) in [4.78, 5) is 13.9. The average molecular weight is 274 g/mol. The van der Waals surface area contributed by atoms with Crippen LogP contribution in [0, 0.1) is 5.92 Å². The van der Waals surface area contributed by atoms with Crippen molar-refractivity contribution in [3.05, 3.63) is 29.8 Å². The van der Waals surface area contributed by atoms with Gasteiger partial charge in [-0.25, -0.2) is 0 Å². The highest BCUT2D eigenvalue weighted by Crippen LogP contribution is 2.24. The van der Waals surface area contributed by atoms with Crippen molar-refractivity contribution in [2.45, 2.75) is 46.1 Å². The van der Waals surface area contributed by atoms with E-state index in [9.17, 15) is 4.79 Å². The van der Waals surface area contributed by atoms with Crippen molar-refractivity contribution in [2.24, 2.45) is 5.92 Å². The fraction of sp³-hybridized carbons (Fsp3) is 0.588. The van der Waals surface area contributed by atoms with Crippen LogP contribution in [-0.2, 0) is 4.79 Å². The van der Waals surface area contributed by atoms with Gasteiger partial charge in [-0.3, -0.25) is 4.79 Å². The first-order valence-electron chi connectivity index (χ1n) is 7.74. The van der Waals surface area contributed by atoms with E-state index in [0.29, 0.717) is 6.42 Å². The zero-order valence-electron chi connectivity index (χ0n) is 12.9. The molecule has 0 saturated carbocycles. The average Bonchev–Trinajstić information content (AvgIpc) is 2.48. The molecule has 1 N–H and O–H groups in total. The number of nitrogens with zero attached hydrogens (tertiary/aromatic N) is 1. The van der Waals surface area contributed by atoms with Gasteiger partial charge in [-0.05, 0) is 43.4 Å². The minimum Gasteiger partial charge on any atom is -0.372 e. The molecule has 1 aromatic carbocycles. The Bertz CT molecular complexity index is 433. The van der Waals surface area contributed by atoms with Crippen LogP contribution in [0.1, 0.15) is 51.6 Å². The van der Waals surface area contributed by atoms with Crippen molar-refractivity contribution in [1.82, 2.24) is 5.32 Å². The monoisotopic (exact) mass is 274 g/mol. The normalized spacial score (nSPS) is 17.9. The SMILES string of the molecule is CCC(=O)N[C@H](C)c1ccc(N2CCC(C)CC2)cc1. The van der Waals surface area contributed by atoms with Crippen molar-refractivity contribution in [1.29, 1.82) is 0 Å². The molecule has 1 aliphatic heterocycles. The summed E-state index contributed by atoms with van der Waals surface area (Å²) in [5, 5.41) is 3.00. The Morgan fingerprint density at radius 1 is 1.30 bits per heavy atom. The zero-order chi connectivity index (χ0) is 14.5. The third kappa shape index (κ3) is 3.75. The number of rotatable bonds is 4. The Kier molecular flexibility index (Phi) is 5.05. The molecule has 1 aliphatic rings. The van der Waals surface area contributed by atoms with E-state index in [0.717, 1.165) is 19.0 Å². The minimum absolute atomic E-state index is 0.0814.